The quantitative estimate of drug-likeness (QED) is 0.671. The highest BCUT2D eigenvalue weighted by Gasteiger charge is 1.93. The summed E-state index contributed by atoms with van der Waals surface area (Å²) in [6.07, 6.45) is 0. The third kappa shape index (κ3) is 1.87. The average Bonchev–Trinajstić information content (AvgIpc) is 2.05. The van der Waals surface area contributed by atoms with Crippen LogP contribution < -0.4 is 0 Å². The Bertz CT molecular complexity index is 220. The van der Waals surface area contributed by atoms with E-state index in [4.69, 9.17) is 15.4 Å². The summed E-state index contributed by atoms with van der Waals surface area (Å²) >= 11 is 5.01. The SMILES string of the molecule is COS(=S)c1ccccc1. The third-order valence-corrected chi connectivity index (χ3v) is 3.03. The molecule has 1 rings (SSSR count). The van der Waals surface area contributed by atoms with Crippen molar-refractivity contribution in [2.45, 2.75) is 4.90 Å². The zero-order valence-corrected chi connectivity index (χ0v) is 7.24. The maximum Gasteiger partial charge on any atom is 0.0511 e. The van der Waals surface area contributed by atoms with Gasteiger partial charge < -0.3 is 4.18 Å². The van der Waals surface area contributed by atoms with Crippen LogP contribution in [0.2, 0.25) is 0 Å². The summed E-state index contributed by atoms with van der Waals surface area (Å²) in [4.78, 5) is 1.07. The van der Waals surface area contributed by atoms with Gasteiger partial charge in [-0.25, -0.2) is 0 Å². The van der Waals surface area contributed by atoms with Crippen LogP contribution in [0.25, 0.3) is 0 Å². The van der Waals surface area contributed by atoms with Gasteiger partial charge in [-0.1, -0.05) is 18.2 Å². The molecule has 0 spiro atoms. The summed E-state index contributed by atoms with van der Waals surface area (Å²) in [5.74, 6) is 0. The lowest BCUT2D eigenvalue weighted by Crippen LogP contribution is -1.89. The standard InChI is InChI=1S/C7H8OS2/c1-8-10(9)7-5-3-2-4-6-7/h2-6H,1H3. The minimum Gasteiger partial charge on any atom is -0.311 e. The molecule has 0 aliphatic carbocycles. The first-order chi connectivity index (χ1) is 4.84. The van der Waals surface area contributed by atoms with Crippen molar-refractivity contribution >= 4 is 20.9 Å². The molecule has 3 heteroatoms. The first-order valence-corrected chi connectivity index (χ1v) is 4.93. The van der Waals surface area contributed by atoms with Crippen LogP contribution in [0.3, 0.4) is 0 Å². The molecule has 0 saturated heterocycles. The molecule has 1 atom stereocenters. The molecule has 1 unspecified atom stereocenters. The summed E-state index contributed by atoms with van der Waals surface area (Å²) in [5, 5.41) is 0. The normalized spacial score (nSPS) is 12.9. The molecule has 0 amide bonds. The molecule has 54 valence electrons. The van der Waals surface area contributed by atoms with Gasteiger partial charge in [-0.3, -0.25) is 0 Å². The minimum atomic E-state index is -0.457. The fraction of sp³-hybridized carbons (Fsp3) is 0.143. The molecule has 0 saturated carbocycles. The van der Waals surface area contributed by atoms with Crippen LogP contribution in [-0.2, 0) is 25.1 Å². The van der Waals surface area contributed by atoms with Crippen molar-refractivity contribution in [2.75, 3.05) is 7.11 Å². The molecule has 0 fully saturated rings. The summed E-state index contributed by atoms with van der Waals surface area (Å²) in [6, 6.07) is 9.83. The Balaban J connectivity index is 2.85. The molecule has 0 bridgehead atoms. The van der Waals surface area contributed by atoms with E-state index in [2.05, 4.69) is 0 Å². The maximum absolute atomic E-state index is 5.01. The van der Waals surface area contributed by atoms with E-state index in [-0.39, 0.29) is 0 Å². The van der Waals surface area contributed by atoms with E-state index in [1.54, 1.807) is 7.11 Å². The van der Waals surface area contributed by atoms with Crippen LogP contribution in [0.1, 0.15) is 0 Å². The number of benzene rings is 1. The summed E-state index contributed by atoms with van der Waals surface area (Å²) in [6.45, 7) is 0. The Hall–Kier alpha value is -0.250. The van der Waals surface area contributed by atoms with E-state index >= 15 is 0 Å². The van der Waals surface area contributed by atoms with Crippen molar-refractivity contribution < 1.29 is 4.18 Å². The van der Waals surface area contributed by atoms with Crippen molar-refractivity contribution in [1.82, 2.24) is 0 Å². The molecule has 0 aromatic heterocycles. The molecule has 0 aliphatic rings. The van der Waals surface area contributed by atoms with E-state index in [1.807, 2.05) is 30.3 Å². The highest BCUT2D eigenvalue weighted by atomic mass is 32.8. The Morgan fingerprint density at radius 3 is 2.40 bits per heavy atom. The molecule has 0 N–H and O–H groups in total. The molecule has 1 aromatic rings. The highest BCUT2D eigenvalue weighted by molar-refractivity contribution is 8.26. The molecule has 10 heavy (non-hydrogen) atoms. The first-order valence-electron chi connectivity index (χ1n) is 2.86. The third-order valence-electron chi connectivity index (χ3n) is 1.09. The zero-order valence-electron chi connectivity index (χ0n) is 5.61. The molecular weight excluding hydrogens is 164 g/mol. The Morgan fingerprint density at radius 2 is 1.90 bits per heavy atom. The lowest BCUT2D eigenvalue weighted by atomic mass is 10.4. The van der Waals surface area contributed by atoms with E-state index in [1.165, 1.54) is 0 Å². The van der Waals surface area contributed by atoms with Gasteiger partial charge in [0.15, 0.2) is 0 Å². The lowest BCUT2D eigenvalue weighted by molar-refractivity contribution is 0.484. The Morgan fingerprint density at radius 1 is 1.30 bits per heavy atom. The first kappa shape index (κ1) is 7.85. The minimum absolute atomic E-state index is 0.457. The summed E-state index contributed by atoms with van der Waals surface area (Å²) in [7, 11) is 1.17. The van der Waals surface area contributed by atoms with Crippen LogP contribution in [-0.4, -0.2) is 7.11 Å². The van der Waals surface area contributed by atoms with Gasteiger partial charge in [-0.2, -0.15) is 0 Å². The van der Waals surface area contributed by atoms with Crippen molar-refractivity contribution in [1.29, 1.82) is 0 Å². The van der Waals surface area contributed by atoms with Crippen molar-refractivity contribution in [3.05, 3.63) is 30.3 Å². The van der Waals surface area contributed by atoms with Gasteiger partial charge in [-0.05, 0) is 23.3 Å². The van der Waals surface area contributed by atoms with Crippen LogP contribution in [0.5, 0.6) is 0 Å². The van der Waals surface area contributed by atoms with E-state index < -0.39 is 9.74 Å². The van der Waals surface area contributed by atoms with Crippen LogP contribution >= 0.6 is 0 Å². The maximum atomic E-state index is 5.01. The molecule has 0 aliphatic heterocycles. The fourth-order valence-corrected chi connectivity index (χ4v) is 1.53. The fourth-order valence-electron chi connectivity index (χ4n) is 0.628. The molecule has 1 aromatic carbocycles. The van der Waals surface area contributed by atoms with E-state index in [0.29, 0.717) is 0 Å². The number of hydrogen-bond donors (Lipinski definition) is 0. The van der Waals surface area contributed by atoms with Gasteiger partial charge >= 0.3 is 0 Å². The zero-order chi connectivity index (χ0) is 7.40. The van der Waals surface area contributed by atoms with E-state index in [0.717, 1.165) is 4.90 Å². The predicted molar refractivity (Wildman–Crippen MR) is 46.4 cm³/mol. The van der Waals surface area contributed by atoms with Gasteiger partial charge in [0.1, 0.15) is 0 Å². The molecule has 1 nitrogen and oxygen atoms in total. The van der Waals surface area contributed by atoms with Gasteiger partial charge in [0.05, 0.1) is 7.11 Å². The second-order valence-electron chi connectivity index (χ2n) is 1.71. The summed E-state index contributed by atoms with van der Waals surface area (Å²) < 4.78 is 4.98. The second-order valence-corrected chi connectivity index (χ2v) is 3.90. The number of rotatable bonds is 2. The van der Waals surface area contributed by atoms with Gasteiger partial charge in [0, 0.05) is 14.6 Å². The van der Waals surface area contributed by atoms with Gasteiger partial charge in [0.2, 0.25) is 0 Å². The van der Waals surface area contributed by atoms with Crippen molar-refractivity contribution in [2.24, 2.45) is 0 Å². The van der Waals surface area contributed by atoms with Crippen molar-refractivity contribution in [3.8, 4) is 0 Å². The predicted octanol–water partition coefficient (Wildman–Crippen LogP) is 1.69. The largest absolute Gasteiger partial charge is 0.311 e. The Labute approximate surface area is 67.8 Å². The van der Waals surface area contributed by atoms with Crippen LogP contribution in [0.15, 0.2) is 35.2 Å². The molecule has 0 heterocycles. The van der Waals surface area contributed by atoms with Crippen LogP contribution in [0.4, 0.5) is 0 Å². The average molecular weight is 172 g/mol. The second kappa shape index (κ2) is 3.81. The Kier molecular flexibility index (Phi) is 2.99. The smallest absolute Gasteiger partial charge is 0.0511 e. The lowest BCUT2D eigenvalue weighted by Gasteiger charge is -1.99. The summed E-state index contributed by atoms with van der Waals surface area (Å²) in [5.41, 5.74) is 0. The monoisotopic (exact) mass is 172 g/mol. The molecule has 0 radical (unpaired) electrons. The van der Waals surface area contributed by atoms with Gasteiger partial charge in [-0.15, -0.1) is 0 Å². The van der Waals surface area contributed by atoms with Crippen LogP contribution in [0, 0.1) is 0 Å². The van der Waals surface area contributed by atoms with Gasteiger partial charge in [0.25, 0.3) is 0 Å². The van der Waals surface area contributed by atoms with E-state index in [9.17, 15) is 0 Å². The van der Waals surface area contributed by atoms with Crippen molar-refractivity contribution in [3.63, 3.8) is 0 Å². The molecular formula is C7H8OS2. The number of hydrogen-bond acceptors (Lipinski definition) is 2. The topological polar surface area (TPSA) is 9.23 Å². The highest BCUT2D eigenvalue weighted by Crippen LogP contribution is 2.05.